The largest absolute Gasteiger partial charge is 0.416 e. The van der Waals surface area contributed by atoms with E-state index in [-0.39, 0.29) is 22.9 Å². The Labute approximate surface area is 162 Å². The highest BCUT2D eigenvalue weighted by Crippen LogP contribution is 2.33. The molecule has 0 spiro atoms. The van der Waals surface area contributed by atoms with Crippen LogP contribution in [0.1, 0.15) is 18.4 Å². The van der Waals surface area contributed by atoms with E-state index in [4.69, 9.17) is 11.6 Å². The minimum absolute atomic E-state index is 0.0197. The van der Waals surface area contributed by atoms with Crippen molar-refractivity contribution in [3.05, 3.63) is 46.3 Å². The average Bonchev–Trinajstić information content (AvgIpc) is 3.23. The van der Waals surface area contributed by atoms with E-state index >= 15 is 0 Å². The van der Waals surface area contributed by atoms with Crippen LogP contribution in [0.25, 0.3) is 0 Å². The highest BCUT2D eigenvalue weighted by molar-refractivity contribution is 7.91. The molecule has 2 heterocycles. The van der Waals surface area contributed by atoms with Gasteiger partial charge in [0.15, 0.2) is 0 Å². The Hall–Kier alpha value is -1.62. The van der Waals surface area contributed by atoms with Crippen LogP contribution >= 0.6 is 22.9 Å². The standard InChI is InChI=1S/C16H14ClF3N2O3S2/c17-13-6-7-14(26-13)27(24,25)22-8-2-5-12(22)15(23)21-11-4-1-3-10(9-11)16(18,19)20/h1,3-4,6-7,9,12H,2,5,8H2,(H,21,23)/t12-/m1/s1. The summed E-state index contributed by atoms with van der Waals surface area (Å²) in [6, 6.07) is 6.02. The number of hydrogen-bond donors (Lipinski definition) is 1. The van der Waals surface area contributed by atoms with E-state index in [0.29, 0.717) is 10.8 Å². The smallest absolute Gasteiger partial charge is 0.325 e. The van der Waals surface area contributed by atoms with Crippen molar-refractivity contribution in [1.82, 2.24) is 4.31 Å². The van der Waals surface area contributed by atoms with Crippen LogP contribution in [0.4, 0.5) is 18.9 Å². The molecule has 3 rings (SSSR count). The van der Waals surface area contributed by atoms with Gasteiger partial charge in [0.1, 0.15) is 10.3 Å². The Morgan fingerprint density at radius 3 is 2.63 bits per heavy atom. The van der Waals surface area contributed by atoms with Gasteiger partial charge in [-0.1, -0.05) is 17.7 Å². The molecule has 0 bridgehead atoms. The maximum Gasteiger partial charge on any atom is 0.416 e. The van der Waals surface area contributed by atoms with Crippen molar-refractivity contribution in [3.8, 4) is 0 Å². The Morgan fingerprint density at radius 1 is 1.26 bits per heavy atom. The fourth-order valence-corrected chi connectivity index (χ4v) is 6.11. The van der Waals surface area contributed by atoms with Crippen molar-refractivity contribution >= 4 is 44.6 Å². The number of sulfonamides is 1. The third kappa shape index (κ3) is 4.29. The number of halogens is 4. The summed E-state index contributed by atoms with van der Waals surface area (Å²) >= 11 is 6.68. The van der Waals surface area contributed by atoms with Gasteiger partial charge in [-0.05, 0) is 43.2 Å². The quantitative estimate of drug-likeness (QED) is 0.777. The van der Waals surface area contributed by atoms with E-state index in [1.807, 2.05) is 0 Å². The summed E-state index contributed by atoms with van der Waals surface area (Å²) in [6.07, 6.45) is -3.79. The fourth-order valence-electron chi connectivity index (χ4n) is 2.84. The second-order valence-corrected chi connectivity index (χ2v) is 9.73. The maximum absolute atomic E-state index is 12.8. The first-order valence-electron chi connectivity index (χ1n) is 7.84. The van der Waals surface area contributed by atoms with Crippen LogP contribution < -0.4 is 5.32 Å². The normalized spacial score (nSPS) is 18.6. The summed E-state index contributed by atoms with van der Waals surface area (Å²) in [5, 5.41) is 2.39. The number of carbonyl (C=O) groups is 1. The first-order chi connectivity index (χ1) is 12.6. The lowest BCUT2D eigenvalue weighted by atomic mass is 10.1. The summed E-state index contributed by atoms with van der Waals surface area (Å²) in [7, 11) is -3.91. The molecule has 1 aliphatic rings. The number of alkyl halides is 3. The van der Waals surface area contributed by atoms with Crippen molar-refractivity contribution in [1.29, 1.82) is 0 Å². The van der Waals surface area contributed by atoms with E-state index in [1.54, 1.807) is 0 Å². The zero-order valence-electron chi connectivity index (χ0n) is 13.7. The summed E-state index contributed by atoms with van der Waals surface area (Å²) in [4.78, 5) is 12.5. The van der Waals surface area contributed by atoms with Crippen LogP contribution in [0.2, 0.25) is 4.34 Å². The Morgan fingerprint density at radius 2 is 2.00 bits per heavy atom. The van der Waals surface area contributed by atoms with Crippen LogP contribution in [-0.4, -0.2) is 31.2 Å². The molecular weight excluding hydrogens is 425 g/mol. The minimum Gasteiger partial charge on any atom is -0.325 e. The van der Waals surface area contributed by atoms with Gasteiger partial charge in [-0.2, -0.15) is 17.5 Å². The van der Waals surface area contributed by atoms with E-state index in [1.165, 1.54) is 24.3 Å². The second kappa shape index (κ2) is 7.42. The fraction of sp³-hybridized carbons (Fsp3) is 0.312. The SMILES string of the molecule is O=C(Nc1cccc(C(F)(F)F)c1)[C@H]1CCCN1S(=O)(=O)c1ccc(Cl)s1. The molecule has 1 amide bonds. The van der Waals surface area contributed by atoms with Crippen molar-refractivity contribution in [2.45, 2.75) is 29.3 Å². The lowest BCUT2D eigenvalue weighted by molar-refractivity contribution is -0.137. The molecule has 1 aromatic carbocycles. The molecule has 146 valence electrons. The molecule has 0 saturated carbocycles. The molecule has 1 aromatic heterocycles. The van der Waals surface area contributed by atoms with Gasteiger partial charge in [-0.3, -0.25) is 4.79 Å². The number of benzene rings is 1. The van der Waals surface area contributed by atoms with Crippen LogP contribution in [0.15, 0.2) is 40.6 Å². The molecule has 1 N–H and O–H groups in total. The third-order valence-electron chi connectivity index (χ3n) is 4.08. The zero-order chi connectivity index (χ0) is 19.8. The van der Waals surface area contributed by atoms with E-state index < -0.39 is 33.7 Å². The number of nitrogens with zero attached hydrogens (tertiary/aromatic N) is 1. The zero-order valence-corrected chi connectivity index (χ0v) is 16.1. The van der Waals surface area contributed by atoms with Crippen LogP contribution in [0.3, 0.4) is 0 Å². The first kappa shape index (κ1) is 20.1. The van der Waals surface area contributed by atoms with Gasteiger partial charge in [0.05, 0.1) is 9.90 Å². The molecule has 0 radical (unpaired) electrons. The number of nitrogens with one attached hydrogen (secondary N) is 1. The Bertz CT molecular complexity index is 960. The number of thiophene rings is 1. The van der Waals surface area contributed by atoms with Gasteiger partial charge in [-0.15, -0.1) is 11.3 Å². The molecular formula is C16H14ClF3N2O3S2. The summed E-state index contributed by atoms with van der Waals surface area (Å²) in [6.45, 7) is 0.151. The molecule has 1 aliphatic heterocycles. The molecule has 2 aromatic rings. The Kier molecular flexibility index (Phi) is 5.53. The van der Waals surface area contributed by atoms with E-state index in [9.17, 15) is 26.4 Å². The second-order valence-electron chi connectivity index (χ2n) is 5.90. The highest BCUT2D eigenvalue weighted by Gasteiger charge is 2.40. The first-order valence-corrected chi connectivity index (χ1v) is 10.5. The van der Waals surface area contributed by atoms with Gasteiger partial charge >= 0.3 is 6.18 Å². The molecule has 1 atom stereocenters. The predicted octanol–water partition coefficient (Wildman–Crippen LogP) is 4.21. The molecule has 11 heteroatoms. The van der Waals surface area contributed by atoms with Crippen molar-refractivity contribution in [2.24, 2.45) is 0 Å². The molecule has 27 heavy (non-hydrogen) atoms. The summed E-state index contributed by atoms with van der Waals surface area (Å²) in [5.41, 5.74) is -0.942. The van der Waals surface area contributed by atoms with E-state index in [0.717, 1.165) is 27.8 Å². The van der Waals surface area contributed by atoms with Gasteiger partial charge < -0.3 is 5.32 Å². The average molecular weight is 439 g/mol. The number of carbonyl (C=O) groups excluding carboxylic acids is 1. The Balaban J connectivity index is 1.80. The maximum atomic E-state index is 12.8. The minimum atomic E-state index is -4.54. The summed E-state index contributed by atoms with van der Waals surface area (Å²) in [5.74, 6) is -0.668. The lowest BCUT2D eigenvalue weighted by Gasteiger charge is -2.22. The van der Waals surface area contributed by atoms with Crippen molar-refractivity contribution < 1.29 is 26.4 Å². The predicted molar refractivity (Wildman–Crippen MR) is 96.3 cm³/mol. The van der Waals surface area contributed by atoms with Crippen LogP contribution in [0.5, 0.6) is 0 Å². The summed E-state index contributed by atoms with van der Waals surface area (Å²) < 4.78 is 65.3. The third-order valence-corrected chi connectivity index (χ3v) is 7.68. The monoisotopic (exact) mass is 438 g/mol. The molecule has 1 fully saturated rings. The number of rotatable bonds is 4. The van der Waals surface area contributed by atoms with Gasteiger partial charge in [-0.25, -0.2) is 8.42 Å². The van der Waals surface area contributed by atoms with E-state index in [2.05, 4.69) is 5.32 Å². The van der Waals surface area contributed by atoms with Crippen molar-refractivity contribution in [2.75, 3.05) is 11.9 Å². The van der Waals surface area contributed by atoms with Crippen molar-refractivity contribution in [3.63, 3.8) is 0 Å². The molecule has 0 aliphatic carbocycles. The number of amides is 1. The number of anilines is 1. The topological polar surface area (TPSA) is 66.5 Å². The highest BCUT2D eigenvalue weighted by atomic mass is 35.5. The molecule has 5 nitrogen and oxygen atoms in total. The van der Waals surface area contributed by atoms with Gasteiger partial charge in [0.25, 0.3) is 10.0 Å². The van der Waals surface area contributed by atoms with Crippen LogP contribution in [-0.2, 0) is 21.0 Å². The molecule has 1 saturated heterocycles. The number of hydrogen-bond acceptors (Lipinski definition) is 4. The van der Waals surface area contributed by atoms with Gasteiger partial charge in [0.2, 0.25) is 5.91 Å². The van der Waals surface area contributed by atoms with Gasteiger partial charge in [0, 0.05) is 12.2 Å². The van der Waals surface area contributed by atoms with Crippen LogP contribution in [0, 0.1) is 0 Å². The lowest BCUT2D eigenvalue weighted by Crippen LogP contribution is -2.42. The molecule has 0 unspecified atom stereocenters.